The Hall–Kier alpha value is -3.90. The van der Waals surface area contributed by atoms with Gasteiger partial charge in [0.25, 0.3) is 5.91 Å². The number of benzene rings is 1. The van der Waals surface area contributed by atoms with Gasteiger partial charge < -0.3 is 15.3 Å². The number of hydrogen-bond donors (Lipinski definition) is 2. The Morgan fingerprint density at radius 2 is 1.70 bits per heavy atom. The predicted molar refractivity (Wildman–Crippen MR) is 150 cm³/mol. The normalized spacial score (nSPS) is 25.9. The Bertz CT molecular complexity index is 1460. The maximum atomic E-state index is 13.1. The van der Waals surface area contributed by atoms with Crippen LogP contribution in [0.1, 0.15) is 60.1 Å². The number of carbonyl (C=O) groups is 2. The summed E-state index contributed by atoms with van der Waals surface area (Å²) in [6.07, 6.45) is 4.94. The molecule has 2 saturated heterocycles. The predicted octanol–water partition coefficient (Wildman–Crippen LogP) is 3.79. The third-order valence-electron chi connectivity index (χ3n) is 9.11. The van der Waals surface area contributed by atoms with Crippen LogP contribution in [0.4, 0.5) is 13.2 Å². The van der Waals surface area contributed by atoms with E-state index in [9.17, 15) is 27.9 Å². The molecule has 0 radical (unpaired) electrons. The van der Waals surface area contributed by atoms with Crippen LogP contribution in [-0.4, -0.2) is 79.4 Å². The summed E-state index contributed by atoms with van der Waals surface area (Å²) in [5.74, 6) is -0.360. The van der Waals surface area contributed by atoms with Gasteiger partial charge in [0, 0.05) is 60.9 Å². The van der Waals surface area contributed by atoms with Gasteiger partial charge >= 0.3 is 6.18 Å². The molecule has 2 amide bonds. The molecule has 2 aliphatic heterocycles. The van der Waals surface area contributed by atoms with Crippen molar-refractivity contribution < 1.29 is 27.9 Å². The summed E-state index contributed by atoms with van der Waals surface area (Å²) in [6, 6.07) is 10.2. The highest BCUT2D eigenvalue weighted by Gasteiger charge is 2.48. The second-order valence-corrected chi connectivity index (χ2v) is 11.6. The maximum absolute atomic E-state index is 13.1. The quantitative estimate of drug-likeness (QED) is 0.447. The van der Waals surface area contributed by atoms with Crippen LogP contribution in [0.3, 0.4) is 0 Å². The highest BCUT2D eigenvalue weighted by molar-refractivity contribution is 5.96. The molecule has 3 aliphatic rings. The van der Waals surface area contributed by atoms with Crippen molar-refractivity contribution in [3.05, 3.63) is 77.9 Å². The molecule has 1 unspecified atom stereocenters. The van der Waals surface area contributed by atoms with Crippen LogP contribution in [0.2, 0.25) is 0 Å². The molecule has 1 aromatic carbocycles. The number of fused-ring (bicyclic) bond motifs is 1. The molecule has 0 bridgehead atoms. The standard InChI is InChI=1S/C31H33F3N6O3/c32-31(33,34)22-4-1-3-20(17-22)29(42)38-19-27(41)40-16-10-24-25(40)9-15-39(24)23-7-11-30(43,12-8-23)26-6-5-21(18-37-26)28-35-13-2-14-36-28/h1-6,13-14,17-18,23-25,43H,7-12,15-16,19H2,(H,38,42)/t23?,24-,25?,30?/m0/s1. The van der Waals surface area contributed by atoms with Crippen LogP contribution in [0.15, 0.2) is 61.1 Å². The Labute approximate surface area is 247 Å². The fraction of sp³-hybridized carbons (Fsp3) is 0.452. The van der Waals surface area contributed by atoms with E-state index in [-0.39, 0.29) is 30.1 Å². The van der Waals surface area contributed by atoms with Crippen LogP contribution in [-0.2, 0) is 16.6 Å². The molecular weight excluding hydrogens is 561 g/mol. The van der Waals surface area contributed by atoms with Crippen molar-refractivity contribution in [2.45, 2.75) is 68.4 Å². The number of hydrogen-bond acceptors (Lipinski definition) is 7. The number of likely N-dealkylation sites (tertiary alicyclic amines) is 2. The minimum atomic E-state index is -4.55. The fourth-order valence-corrected chi connectivity index (χ4v) is 6.90. The SMILES string of the molecule is O=C(NCC(=O)N1CC[C@H]2C1CCN2C1CCC(O)(c2ccc(-c3ncccn3)cn2)CC1)c1cccc(C(F)(F)F)c1. The fourth-order valence-electron chi connectivity index (χ4n) is 6.90. The van der Waals surface area contributed by atoms with Gasteiger partial charge in [-0.2, -0.15) is 13.2 Å². The minimum absolute atomic E-state index is 0.0354. The topological polar surface area (TPSA) is 112 Å². The first-order valence-corrected chi connectivity index (χ1v) is 14.6. The number of nitrogens with zero attached hydrogens (tertiary/aromatic N) is 5. The largest absolute Gasteiger partial charge is 0.416 e. The first-order chi connectivity index (χ1) is 20.6. The number of aliphatic hydroxyl groups is 1. The molecule has 3 aromatic rings. The van der Waals surface area contributed by atoms with Gasteiger partial charge in [0.1, 0.15) is 5.60 Å². The average Bonchev–Trinajstić information content (AvgIpc) is 3.63. The Morgan fingerprint density at radius 1 is 0.953 bits per heavy atom. The van der Waals surface area contributed by atoms with Gasteiger partial charge in [-0.1, -0.05) is 6.07 Å². The van der Waals surface area contributed by atoms with E-state index in [0.29, 0.717) is 36.9 Å². The van der Waals surface area contributed by atoms with Crippen molar-refractivity contribution in [1.82, 2.24) is 30.1 Å². The molecule has 2 aromatic heterocycles. The van der Waals surface area contributed by atoms with Gasteiger partial charge in [0.2, 0.25) is 5.91 Å². The van der Waals surface area contributed by atoms with Gasteiger partial charge in [-0.15, -0.1) is 0 Å². The molecule has 6 rings (SSSR count). The Kier molecular flexibility index (Phi) is 7.91. The van der Waals surface area contributed by atoms with Crippen LogP contribution in [0.5, 0.6) is 0 Å². The summed E-state index contributed by atoms with van der Waals surface area (Å²) in [7, 11) is 0. The lowest BCUT2D eigenvalue weighted by Crippen LogP contribution is -2.47. The molecule has 226 valence electrons. The smallest absolute Gasteiger partial charge is 0.384 e. The van der Waals surface area contributed by atoms with Crippen LogP contribution in [0.25, 0.3) is 11.4 Å². The summed E-state index contributed by atoms with van der Waals surface area (Å²) < 4.78 is 39.0. The summed E-state index contributed by atoms with van der Waals surface area (Å²) >= 11 is 0. The minimum Gasteiger partial charge on any atom is -0.384 e. The summed E-state index contributed by atoms with van der Waals surface area (Å²) in [5, 5.41) is 13.9. The molecule has 1 saturated carbocycles. The van der Waals surface area contributed by atoms with Crippen molar-refractivity contribution >= 4 is 11.8 Å². The number of nitrogens with one attached hydrogen (secondary N) is 1. The lowest BCUT2D eigenvalue weighted by molar-refractivity contribution is -0.137. The zero-order chi connectivity index (χ0) is 30.2. The Balaban J connectivity index is 1.01. The van der Waals surface area contributed by atoms with Crippen molar-refractivity contribution in [3.63, 3.8) is 0 Å². The molecule has 3 fully saturated rings. The maximum Gasteiger partial charge on any atom is 0.416 e. The third-order valence-corrected chi connectivity index (χ3v) is 9.11. The highest BCUT2D eigenvalue weighted by Crippen LogP contribution is 2.42. The van der Waals surface area contributed by atoms with E-state index in [2.05, 4.69) is 25.2 Å². The molecule has 1 aliphatic carbocycles. The molecule has 0 spiro atoms. The van der Waals surface area contributed by atoms with Crippen molar-refractivity contribution in [2.24, 2.45) is 0 Å². The number of pyridine rings is 1. The second kappa shape index (κ2) is 11.6. The van der Waals surface area contributed by atoms with Gasteiger partial charge in [-0.25, -0.2) is 9.97 Å². The zero-order valence-corrected chi connectivity index (χ0v) is 23.5. The van der Waals surface area contributed by atoms with Gasteiger partial charge in [-0.05, 0) is 74.9 Å². The summed E-state index contributed by atoms with van der Waals surface area (Å²) in [4.78, 5) is 42.9. The van der Waals surface area contributed by atoms with Crippen LogP contribution in [0, 0.1) is 0 Å². The number of aromatic nitrogens is 3. The summed E-state index contributed by atoms with van der Waals surface area (Å²) in [6.45, 7) is 1.15. The van der Waals surface area contributed by atoms with Gasteiger partial charge in [0.05, 0.1) is 17.8 Å². The molecule has 12 heteroatoms. The lowest BCUT2D eigenvalue weighted by atomic mass is 9.79. The number of halogens is 3. The van der Waals surface area contributed by atoms with Crippen LogP contribution < -0.4 is 5.32 Å². The number of carbonyl (C=O) groups excluding carboxylic acids is 2. The van der Waals surface area contributed by atoms with Crippen molar-refractivity contribution in [2.75, 3.05) is 19.6 Å². The van der Waals surface area contributed by atoms with E-state index in [4.69, 9.17) is 0 Å². The molecule has 9 nitrogen and oxygen atoms in total. The van der Waals surface area contributed by atoms with Gasteiger partial charge in [-0.3, -0.25) is 19.5 Å². The molecule has 4 heterocycles. The zero-order valence-electron chi connectivity index (χ0n) is 23.5. The van der Waals surface area contributed by atoms with Crippen molar-refractivity contribution in [1.29, 1.82) is 0 Å². The van der Waals surface area contributed by atoms with E-state index in [0.717, 1.165) is 49.9 Å². The number of amides is 2. The highest BCUT2D eigenvalue weighted by atomic mass is 19.4. The monoisotopic (exact) mass is 594 g/mol. The average molecular weight is 595 g/mol. The van der Waals surface area contributed by atoms with E-state index in [1.807, 2.05) is 12.1 Å². The molecule has 2 N–H and O–H groups in total. The molecule has 43 heavy (non-hydrogen) atoms. The third kappa shape index (κ3) is 5.98. The van der Waals surface area contributed by atoms with E-state index in [1.54, 1.807) is 29.6 Å². The Morgan fingerprint density at radius 3 is 2.40 bits per heavy atom. The van der Waals surface area contributed by atoms with E-state index >= 15 is 0 Å². The first-order valence-electron chi connectivity index (χ1n) is 14.6. The summed E-state index contributed by atoms with van der Waals surface area (Å²) in [5.41, 5.74) is -0.604. The molecular formula is C31H33F3N6O3. The molecule has 2 atom stereocenters. The van der Waals surface area contributed by atoms with Gasteiger partial charge in [0.15, 0.2) is 5.82 Å². The second-order valence-electron chi connectivity index (χ2n) is 11.6. The number of alkyl halides is 3. The van der Waals surface area contributed by atoms with Crippen LogP contribution >= 0.6 is 0 Å². The van der Waals surface area contributed by atoms with E-state index < -0.39 is 23.2 Å². The van der Waals surface area contributed by atoms with Crippen molar-refractivity contribution in [3.8, 4) is 11.4 Å². The lowest BCUT2D eigenvalue weighted by Gasteiger charge is -2.41. The first kappa shape index (κ1) is 29.2. The number of rotatable bonds is 6. The van der Waals surface area contributed by atoms with E-state index in [1.165, 1.54) is 12.1 Å².